The summed E-state index contributed by atoms with van der Waals surface area (Å²) >= 11 is 0. The minimum absolute atomic E-state index is 0.0192. The Labute approximate surface area is 130 Å². The number of nitrogens with zero attached hydrogens (tertiary/aromatic N) is 3. The Kier molecular flexibility index (Phi) is 4.75. The van der Waals surface area contributed by atoms with Gasteiger partial charge in [-0.1, -0.05) is 0 Å². The molecule has 3 rings (SSSR count). The molecule has 0 radical (unpaired) electrons. The van der Waals surface area contributed by atoms with Crippen molar-refractivity contribution in [1.29, 1.82) is 0 Å². The lowest BCUT2D eigenvalue weighted by Gasteiger charge is -2.37. The third-order valence-electron chi connectivity index (χ3n) is 4.44. The monoisotopic (exact) mass is 308 g/mol. The highest BCUT2D eigenvalue weighted by atomic mass is 16.7. The fourth-order valence-electron chi connectivity index (χ4n) is 3.12. The summed E-state index contributed by atoms with van der Waals surface area (Å²) in [7, 11) is 1.86. The minimum Gasteiger partial charge on any atom is -0.393 e. The van der Waals surface area contributed by atoms with Crippen LogP contribution in [0.5, 0.6) is 0 Å². The van der Waals surface area contributed by atoms with Crippen LogP contribution in [-0.4, -0.2) is 51.7 Å². The predicted molar refractivity (Wildman–Crippen MR) is 79.6 cm³/mol. The molecule has 1 unspecified atom stereocenters. The first-order valence-corrected chi connectivity index (χ1v) is 7.95. The molecule has 1 aromatic rings. The standard InChI is InChI=1S/C15H24N4O3/c1-18-10-12(9-16-18)15(11-7-13(20)8-11)17-14(21)3-5-19-4-2-6-22-19/h9-11,13,15,20H,2-8H2,1H3,(H,17,21). The number of aryl methyl sites for hydroxylation is 1. The molecule has 2 aliphatic rings. The van der Waals surface area contributed by atoms with Crippen LogP contribution in [0.3, 0.4) is 0 Å². The number of carbonyl (C=O) groups is 1. The van der Waals surface area contributed by atoms with Crippen LogP contribution in [0.4, 0.5) is 0 Å². The molecule has 1 atom stereocenters. The number of aromatic nitrogens is 2. The van der Waals surface area contributed by atoms with E-state index in [-0.39, 0.29) is 24.0 Å². The van der Waals surface area contributed by atoms with Gasteiger partial charge in [-0.15, -0.1) is 0 Å². The van der Waals surface area contributed by atoms with Gasteiger partial charge < -0.3 is 10.4 Å². The molecule has 1 aliphatic heterocycles. The van der Waals surface area contributed by atoms with Gasteiger partial charge in [-0.3, -0.25) is 14.3 Å². The molecule has 1 amide bonds. The highest BCUT2D eigenvalue weighted by molar-refractivity contribution is 5.76. The fourth-order valence-corrected chi connectivity index (χ4v) is 3.12. The first-order valence-electron chi connectivity index (χ1n) is 7.95. The Morgan fingerprint density at radius 1 is 1.59 bits per heavy atom. The first-order chi connectivity index (χ1) is 10.6. The number of rotatable bonds is 6. The van der Waals surface area contributed by atoms with Crippen molar-refractivity contribution < 1.29 is 14.7 Å². The van der Waals surface area contributed by atoms with Crippen LogP contribution < -0.4 is 5.32 Å². The first kappa shape index (κ1) is 15.5. The topological polar surface area (TPSA) is 79.6 Å². The normalized spacial score (nSPS) is 26.6. The average Bonchev–Trinajstić information content (AvgIpc) is 3.11. The summed E-state index contributed by atoms with van der Waals surface area (Å²) in [6.07, 6.45) is 6.40. The molecule has 2 heterocycles. The van der Waals surface area contributed by atoms with Gasteiger partial charge in [0, 0.05) is 38.3 Å². The van der Waals surface area contributed by atoms with Gasteiger partial charge in [0.25, 0.3) is 0 Å². The zero-order valence-corrected chi connectivity index (χ0v) is 12.9. The fraction of sp³-hybridized carbons (Fsp3) is 0.733. The second-order valence-electron chi connectivity index (χ2n) is 6.24. The number of amides is 1. The highest BCUT2D eigenvalue weighted by Gasteiger charge is 2.36. The lowest BCUT2D eigenvalue weighted by molar-refractivity contribution is -0.131. The van der Waals surface area contributed by atoms with Gasteiger partial charge in [0.2, 0.25) is 5.91 Å². The highest BCUT2D eigenvalue weighted by Crippen LogP contribution is 2.37. The van der Waals surface area contributed by atoms with Crippen LogP contribution in [-0.2, 0) is 16.7 Å². The summed E-state index contributed by atoms with van der Waals surface area (Å²) in [6.45, 7) is 2.27. The number of aliphatic hydroxyl groups is 1. The molecule has 1 saturated carbocycles. The SMILES string of the molecule is Cn1cc(C(NC(=O)CCN2CCCO2)C2CC(O)C2)cn1. The van der Waals surface area contributed by atoms with Crippen LogP contribution >= 0.6 is 0 Å². The summed E-state index contributed by atoms with van der Waals surface area (Å²) in [5, 5.41) is 18.7. The molecule has 0 spiro atoms. The number of nitrogens with one attached hydrogen (secondary N) is 1. The third-order valence-corrected chi connectivity index (χ3v) is 4.44. The Bertz CT molecular complexity index is 507. The molecule has 0 aromatic carbocycles. The van der Waals surface area contributed by atoms with Crippen molar-refractivity contribution in [1.82, 2.24) is 20.2 Å². The quantitative estimate of drug-likeness (QED) is 0.794. The molecule has 0 bridgehead atoms. The molecule has 2 fully saturated rings. The lowest BCUT2D eigenvalue weighted by atomic mass is 9.75. The summed E-state index contributed by atoms with van der Waals surface area (Å²) < 4.78 is 1.74. The third kappa shape index (κ3) is 3.66. The van der Waals surface area contributed by atoms with Crippen molar-refractivity contribution in [2.45, 2.75) is 37.8 Å². The average molecular weight is 308 g/mol. The lowest BCUT2D eigenvalue weighted by Crippen LogP contribution is -2.42. The van der Waals surface area contributed by atoms with Crippen LogP contribution in [0.1, 0.15) is 37.3 Å². The number of hydrogen-bond acceptors (Lipinski definition) is 5. The summed E-state index contributed by atoms with van der Waals surface area (Å²) in [6, 6.07) is -0.0657. The van der Waals surface area contributed by atoms with Gasteiger partial charge in [0.1, 0.15) is 0 Å². The number of aliphatic hydroxyl groups excluding tert-OH is 1. The van der Waals surface area contributed by atoms with E-state index in [0.717, 1.165) is 38.0 Å². The Morgan fingerprint density at radius 2 is 2.41 bits per heavy atom. The van der Waals surface area contributed by atoms with Gasteiger partial charge in [0.15, 0.2) is 0 Å². The van der Waals surface area contributed by atoms with Crippen molar-refractivity contribution in [3.8, 4) is 0 Å². The predicted octanol–water partition coefficient (Wildman–Crippen LogP) is 0.376. The Balaban J connectivity index is 1.56. The van der Waals surface area contributed by atoms with E-state index in [1.807, 2.05) is 18.3 Å². The summed E-state index contributed by atoms with van der Waals surface area (Å²) in [4.78, 5) is 17.6. The summed E-state index contributed by atoms with van der Waals surface area (Å²) in [5.74, 6) is 0.303. The molecule has 1 saturated heterocycles. The van der Waals surface area contributed by atoms with E-state index >= 15 is 0 Å². The number of hydrogen-bond donors (Lipinski definition) is 2. The van der Waals surface area contributed by atoms with E-state index in [1.165, 1.54) is 0 Å². The largest absolute Gasteiger partial charge is 0.393 e. The van der Waals surface area contributed by atoms with Crippen molar-refractivity contribution >= 4 is 5.91 Å². The van der Waals surface area contributed by atoms with Crippen LogP contribution in [0, 0.1) is 5.92 Å². The second kappa shape index (κ2) is 6.76. The second-order valence-corrected chi connectivity index (χ2v) is 6.24. The van der Waals surface area contributed by atoms with Crippen LogP contribution in [0.2, 0.25) is 0 Å². The number of hydroxylamine groups is 2. The van der Waals surface area contributed by atoms with E-state index in [4.69, 9.17) is 4.84 Å². The van der Waals surface area contributed by atoms with E-state index in [1.54, 1.807) is 10.9 Å². The maximum absolute atomic E-state index is 12.2. The van der Waals surface area contributed by atoms with Gasteiger partial charge in [0.05, 0.1) is 24.9 Å². The molecule has 1 aromatic heterocycles. The minimum atomic E-state index is -0.237. The van der Waals surface area contributed by atoms with Crippen molar-refractivity contribution in [3.63, 3.8) is 0 Å². The molecule has 7 heteroatoms. The number of carbonyl (C=O) groups excluding carboxylic acids is 1. The van der Waals surface area contributed by atoms with E-state index < -0.39 is 0 Å². The Morgan fingerprint density at radius 3 is 3.00 bits per heavy atom. The van der Waals surface area contributed by atoms with E-state index in [2.05, 4.69) is 10.4 Å². The van der Waals surface area contributed by atoms with Crippen LogP contribution in [0.15, 0.2) is 12.4 Å². The maximum atomic E-state index is 12.2. The molecule has 2 N–H and O–H groups in total. The van der Waals surface area contributed by atoms with Crippen molar-refractivity contribution in [2.24, 2.45) is 13.0 Å². The van der Waals surface area contributed by atoms with Crippen molar-refractivity contribution in [2.75, 3.05) is 19.7 Å². The van der Waals surface area contributed by atoms with Crippen molar-refractivity contribution in [3.05, 3.63) is 18.0 Å². The summed E-state index contributed by atoms with van der Waals surface area (Å²) in [5.41, 5.74) is 1.00. The van der Waals surface area contributed by atoms with E-state index in [9.17, 15) is 9.90 Å². The Hall–Kier alpha value is -1.44. The zero-order chi connectivity index (χ0) is 15.5. The molecular weight excluding hydrogens is 284 g/mol. The van der Waals surface area contributed by atoms with Gasteiger partial charge in [-0.05, 0) is 25.2 Å². The molecule has 1 aliphatic carbocycles. The molecule has 22 heavy (non-hydrogen) atoms. The molecule has 122 valence electrons. The van der Waals surface area contributed by atoms with Gasteiger partial charge >= 0.3 is 0 Å². The van der Waals surface area contributed by atoms with Gasteiger partial charge in [-0.25, -0.2) is 0 Å². The maximum Gasteiger partial charge on any atom is 0.221 e. The smallest absolute Gasteiger partial charge is 0.221 e. The molecule has 7 nitrogen and oxygen atoms in total. The van der Waals surface area contributed by atoms with E-state index in [0.29, 0.717) is 13.0 Å². The molecular formula is C15H24N4O3. The van der Waals surface area contributed by atoms with Crippen LogP contribution in [0.25, 0.3) is 0 Å². The zero-order valence-electron chi connectivity index (χ0n) is 12.9. The van der Waals surface area contributed by atoms with Gasteiger partial charge in [-0.2, -0.15) is 10.2 Å².